The van der Waals surface area contributed by atoms with E-state index in [1.165, 1.54) is 11.1 Å². The van der Waals surface area contributed by atoms with Gasteiger partial charge in [0.05, 0.1) is 0 Å². The Kier molecular flexibility index (Phi) is 6.37. The third kappa shape index (κ3) is 4.16. The molecule has 1 aromatic carbocycles. The number of benzene rings is 1. The highest BCUT2D eigenvalue weighted by Gasteiger charge is 2.04. The Hall–Kier alpha value is -1.70. The molecule has 0 saturated heterocycles. The van der Waals surface area contributed by atoms with Gasteiger partial charge in [-0.2, -0.15) is 0 Å². The second kappa shape index (κ2) is 7.78. The average Bonchev–Trinajstić information content (AvgIpc) is 2.49. The average molecular weight is 270 g/mol. The molecule has 0 aliphatic heterocycles. The summed E-state index contributed by atoms with van der Waals surface area (Å²) in [6.07, 6.45) is 3.82. The highest BCUT2D eigenvalue weighted by Crippen LogP contribution is 2.22. The van der Waals surface area contributed by atoms with Gasteiger partial charge in [-0.15, -0.1) is 0 Å². The van der Waals surface area contributed by atoms with Crippen molar-refractivity contribution in [2.24, 2.45) is 0 Å². The Labute approximate surface area is 123 Å². The van der Waals surface area contributed by atoms with Crippen LogP contribution in [0, 0.1) is 0 Å². The smallest absolute Gasteiger partial charge is 0.130 e. The van der Waals surface area contributed by atoms with Crippen LogP contribution in [0.3, 0.4) is 0 Å². The molecule has 0 spiro atoms. The summed E-state index contributed by atoms with van der Waals surface area (Å²) in [4.78, 5) is 8.80. The molecule has 1 heterocycles. The van der Waals surface area contributed by atoms with Gasteiger partial charge in [-0.3, -0.25) is 0 Å². The fourth-order valence-corrected chi connectivity index (χ4v) is 1.85. The van der Waals surface area contributed by atoms with Crippen molar-refractivity contribution >= 4 is 0 Å². The van der Waals surface area contributed by atoms with Gasteiger partial charge in [0.2, 0.25) is 0 Å². The minimum atomic E-state index is 0.377. The summed E-state index contributed by atoms with van der Waals surface area (Å²) in [6, 6.07) is 8.64. The number of rotatable bonds is 3. The van der Waals surface area contributed by atoms with Crippen molar-refractivity contribution in [2.75, 3.05) is 0 Å². The predicted molar refractivity (Wildman–Crippen MR) is 87.0 cm³/mol. The zero-order valence-electron chi connectivity index (χ0n) is 13.5. The Morgan fingerprint density at radius 1 is 0.700 bits per heavy atom. The van der Waals surface area contributed by atoms with Crippen molar-refractivity contribution in [1.82, 2.24) is 9.97 Å². The lowest BCUT2D eigenvalue weighted by Gasteiger charge is -2.08. The number of hydrogen-bond acceptors (Lipinski definition) is 2. The molecule has 0 atom stereocenters. The molecule has 2 heteroatoms. The monoisotopic (exact) mass is 270 g/mol. The van der Waals surface area contributed by atoms with E-state index in [-0.39, 0.29) is 0 Å². The number of aromatic nitrogens is 2. The van der Waals surface area contributed by atoms with E-state index in [1.54, 1.807) is 0 Å². The summed E-state index contributed by atoms with van der Waals surface area (Å²) in [5, 5.41) is 0. The summed E-state index contributed by atoms with van der Waals surface area (Å²) in [5.74, 6) is 1.85. The van der Waals surface area contributed by atoms with E-state index in [1.807, 2.05) is 26.2 Å². The van der Waals surface area contributed by atoms with Gasteiger partial charge >= 0.3 is 0 Å². The molecule has 2 nitrogen and oxygen atoms in total. The quantitative estimate of drug-likeness (QED) is 0.744. The fourth-order valence-electron chi connectivity index (χ4n) is 1.85. The topological polar surface area (TPSA) is 25.8 Å². The Balaban J connectivity index is 0.000000956. The van der Waals surface area contributed by atoms with Crippen LogP contribution in [0.4, 0.5) is 0 Å². The highest BCUT2D eigenvalue weighted by atomic mass is 14.9. The maximum Gasteiger partial charge on any atom is 0.130 e. The van der Waals surface area contributed by atoms with Crippen molar-refractivity contribution in [3.8, 4) is 11.1 Å². The molecule has 0 aliphatic carbocycles. The molecule has 0 amide bonds. The van der Waals surface area contributed by atoms with Gasteiger partial charge in [0, 0.05) is 23.9 Å². The van der Waals surface area contributed by atoms with Crippen LogP contribution in [0.25, 0.3) is 11.1 Å². The predicted octanol–water partition coefficient (Wildman–Crippen LogP) is 5.42. The van der Waals surface area contributed by atoms with Crippen LogP contribution in [0.15, 0.2) is 36.7 Å². The van der Waals surface area contributed by atoms with E-state index < -0.39 is 0 Å². The van der Waals surface area contributed by atoms with Crippen LogP contribution in [0.2, 0.25) is 0 Å². The van der Waals surface area contributed by atoms with Crippen LogP contribution >= 0.6 is 0 Å². The first-order chi connectivity index (χ1) is 9.58. The lowest BCUT2D eigenvalue weighted by molar-refractivity contribution is 0.775. The molecule has 20 heavy (non-hydrogen) atoms. The first-order valence-electron chi connectivity index (χ1n) is 7.50. The highest BCUT2D eigenvalue weighted by molar-refractivity contribution is 5.61. The molecule has 108 valence electrons. The molecule has 2 rings (SSSR count). The van der Waals surface area contributed by atoms with E-state index >= 15 is 0 Å². The fraction of sp³-hybridized carbons (Fsp3) is 0.444. The van der Waals surface area contributed by atoms with E-state index in [0.717, 1.165) is 11.4 Å². The molecule has 2 aromatic rings. The molecule has 1 aromatic heterocycles. The second-order valence-corrected chi connectivity index (χ2v) is 5.26. The lowest BCUT2D eigenvalue weighted by atomic mass is 10.00. The maximum absolute atomic E-state index is 4.40. The van der Waals surface area contributed by atoms with Crippen molar-refractivity contribution in [1.29, 1.82) is 0 Å². The lowest BCUT2D eigenvalue weighted by Crippen LogP contribution is -1.96. The van der Waals surface area contributed by atoms with Crippen molar-refractivity contribution in [2.45, 2.75) is 53.4 Å². The van der Waals surface area contributed by atoms with Crippen LogP contribution in [-0.2, 0) is 0 Å². The van der Waals surface area contributed by atoms with E-state index in [0.29, 0.717) is 11.8 Å². The standard InChI is InChI=1S/C16H20N2.C2H6/c1-11(2)13-5-7-14(8-6-13)15-9-17-16(12(3)4)18-10-15;1-2/h5-12H,1-4H3;1-2H3. The first kappa shape index (κ1) is 16.4. The van der Waals surface area contributed by atoms with Crippen LogP contribution in [0.1, 0.15) is 64.8 Å². The van der Waals surface area contributed by atoms with Gasteiger partial charge in [0.15, 0.2) is 0 Å². The molecular weight excluding hydrogens is 244 g/mol. The molecule has 0 radical (unpaired) electrons. The van der Waals surface area contributed by atoms with Crippen LogP contribution < -0.4 is 0 Å². The largest absolute Gasteiger partial charge is 0.240 e. The first-order valence-corrected chi connectivity index (χ1v) is 7.50. The molecule has 0 fully saturated rings. The molecule has 0 aliphatic rings. The molecule has 0 saturated carbocycles. The summed E-state index contributed by atoms with van der Waals surface area (Å²) >= 11 is 0. The van der Waals surface area contributed by atoms with Crippen LogP contribution in [0.5, 0.6) is 0 Å². The van der Waals surface area contributed by atoms with Gasteiger partial charge in [-0.1, -0.05) is 65.8 Å². The Morgan fingerprint density at radius 2 is 1.20 bits per heavy atom. The Bertz CT molecular complexity index is 446. The number of nitrogens with zero attached hydrogens (tertiary/aromatic N) is 2. The molecule has 0 bridgehead atoms. The zero-order chi connectivity index (χ0) is 15.1. The van der Waals surface area contributed by atoms with Gasteiger partial charge in [-0.25, -0.2) is 9.97 Å². The van der Waals surface area contributed by atoms with Gasteiger partial charge in [0.1, 0.15) is 5.82 Å². The molecule has 0 N–H and O–H groups in total. The van der Waals surface area contributed by atoms with Gasteiger partial charge in [0.25, 0.3) is 0 Å². The third-order valence-corrected chi connectivity index (χ3v) is 3.10. The molecule has 0 unspecified atom stereocenters. The summed E-state index contributed by atoms with van der Waals surface area (Å²) in [5.41, 5.74) is 3.61. The number of hydrogen-bond donors (Lipinski definition) is 0. The summed E-state index contributed by atoms with van der Waals surface area (Å²) in [7, 11) is 0. The normalized spacial score (nSPS) is 10.4. The van der Waals surface area contributed by atoms with Crippen LogP contribution in [-0.4, -0.2) is 9.97 Å². The van der Waals surface area contributed by atoms with Gasteiger partial charge < -0.3 is 0 Å². The molecular formula is C18H26N2. The Morgan fingerprint density at radius 3 is 1.60 bits per heavy atom. The van der Waals surface area contributed by atoms with Crippen molar-refractivity contribution < 1.29 is 0 Å². The minimum Gasteiger partial charge on any atom is -0.240 e. The van der Waals surface area contributed by atoms with Gasteiger partial charge in [-0.05, 0) is 17.0 Å². The minimum absolute atomic E-state index is 0.377. The van der Waals surface area contributed by atoms with Crippen molar-refractivity contribution in [3.63, 3.8) is 0 Å². The SMILES string of the molecule is CC.CC(C)c1ccc(-c2cnc(C(C)C)nc2)cc1. The zero-order valence-corrected chi connectivity index (χ0v) is 13.5. The second-order valence-electron chi connectivity index (χ2n) is 5.26. The summed E-state index contributed by atoms with van der Waals surface area (Å²) in [6.45, 7) is 12.6. The maximum atomic E-state index is 4.40. The summed E-state index contributed by atoms with van der Waals surface area (Å²) < 4.78 is 0. The third-order valence-electron chi connectivity index (χ3n) is 3.10. The van der Waals surface area contributed by atoms with Crippen molar-refractivity contribution in [3.05, 3.63) is 48.0 Å². The van der Waals surface area contributed by atoms with E-state index in [2.05, 4.69) is 61.9 Å². The van der Waals surface area contributed by atoms with E-state index in [9.17, 15) is 0 Å². The van der Waals surface area contributed by atoms with E-state index in [4.69, 9.17) is 0 Å².